The Hall–Kier alpha value is -4.29. The minimum Gasteiger partial charge on any atom is -0.481 e. The van der Waals surface area contributed by atoms with Crippen LogP contribution < -0.4 is 15.0 Å². The number of likely N-dealkylation sites (tertiary alicyclic amines) is 1. The Morgan fingerprint density at radius 1 is 1.10 bits per heavy atom. The number of nitrogens with zero attached hydrogens (tertiary/aromatic N) is 7. The van der Waals surface area contributed by atoms with Gasteiger partial charge in [0.15, 0.2) is 11.5 Å². The molecule has 0 atom stereocenters. The highest BCUT2D eigenvalue weighted by Crippen LogP contribution is 2.33. The van der Waals surface area contributed by atoms with Crippen molar-refractivity contribution < 1.29 is 19.4 Å². The number of amides is 1. The number of fused-ring (bicyclic) bond motifs is 1. The Kier molecular flexibility index (Phi) is 7.43. The largest absolute Gasteiger partial charge is 0.481 e. The second-order valence-corrected chi connectivity index (χ2v) is 9.98. The molecule has 2 saturated heterocycles. The van der Waals surface area contributed by atoms with E-state index in [-0.39, 0.29) is 6.04 Å². The van der Waals surface area contributed by atoms with Crippen molar-refractivity contribution in [3.05, 3.63) is 54.4 Å². The van der Waals surface area contributed by atoms with Crippen LogP contribution in [0.3, 0.4) is 0 Å². The average Bonchev–Trinajstić information content (AvgIpc) is 3.42. The van der Waals surface area contributed by atoms with E-state index in [2.05, 4.69) is 30.8 Å². The number of carbonyl (C=O) groups is 1. The molecular formula is C28H32N8O4. The number of methoxy groups -OCH3 is 1. The molecule has 2 fully saturated rings. The fourth-order valence-corrected chi connectivity index (χ4v) is 5.44. The molecule has 2 aliphatic heterocycles. The monoisotopic (exact) mass is 544 g/mol. The normalized spacial score (nSPS) is 16.8. The van der Waals surface area contributed by atoms with Crippen LogP contribution in [0, 0.1) is 0 Å². The molecule has 0 unspecified atom stereocenters. The minimum atomic E-state index is -1.10. The lowest BCUT2D eigenvalue weighted by molar-refractivity contribution is 0.122. The molecule has 0 bridgehead atoms. The average molecular weight is 545 g/mol. The van der Waals surface area contributed by atoms with Crippen LogP contribution >= 0.6 is 0 Å². The first-order chi connectivity index (χ1) is 19.6. The number of benzene rings is 1. The third-order valence-electron chi connectivity index (χ3n) is 7.48. The number of hydrogen-bond donors (Lipinski definition) is 2. The van der Waals surface area contributed by atoms with Gasteiger partial charge in [0.1, 0.15) is 5.82 Å². The Morgan fingerprint density at radius 2 is 1.88 bits per heavy atom. The highest BCUT2D eigenvalue weighted by atomic mass is 16.5. The Morgan fingerprint density at radius 3 is 2.60 bits per heavy atom. The zero-order valence-corrected chi connectivity index (χ0v) is 22.4. The lowest BCUT2D eigenvalue weighted by Gasteiger charge is -2.32. The topological polar surface area (TPSA) is 131 Å². The third kappa shape index (κ3) is 5.40. The summed E-state index contributed by atoms with van der Waals surface area (Å²) in [5.41, 5.74) is 3.20. The number of carboxylic acid groups (broad SMARTS) is 1. The summed E-state index contributed by atoms with van der Waals surface area (Å²) in [6, 6.07) is 11.3. The number of aromatic nitrogens is 5. The number of anilines is 2. The van der Waals surface area contributed by atoms with Crippen molar-refractivity contribution in [3.8, 4) is 17.3 Å². The van der Waals surface area contributed by atoms with E-state index in [0.717, 1.165) is 73.5 Å². The van der Waals surface area contributed by atoms with Gasteiger partial charge in [-0.05, 0) is 43.2 Å². The fraction of sp³-hybridized carbons (Fsp3) is 0.393. The summed E-state index contributed by atoms with van der Waals surface area (Å²) in [5.74, 6) is 2.11. The van der Waals surface area contributed by atoms with Gasteiger partial charge in [-0.25, -0.2) is 24.4 Å². The van der Waals surface area contributed by atoms with Gasteiger partial charge in [-0.3, -0.25) is 10.2 Å². The predicted molar refractivity (Wildman–Crippen MR) is 150 cm³/mol. The van der Waals surface area contributed by atoms with E-state index < -0.39 is 6.09 Å². The molecular weight excluding hydrogens is 512 g/mol. The van der Waals surface area contributed by atoms with Gasteiger partial charge in [0.25, 0.3) is 0 Å². The standard InChI is InChI=1S/C28H32N8O4/c1-39-27-20(3-2-10-29-27)18-34-11-8-22(9-12-34)36-26-23(17-30-36)25(35-13-15-40-16-14-35)32-24(33-26)19-4-6-21(7-5-19)31-28(37)38/h2-7,10,17,22,31H,8-9,11-16,18H2,1H3,(H,37,38). The van der Waals surface area contributed by atoms with E-state index in [9.17, 15) is 4.79 Å². The van der Waals surface area contributed by atoms with Gasteiger partial charge < -0.3 is 19.5 Å². The van der Waals surface area contributed by atoms with E-state index in [1.54, 1.807) is 25.4 Å². The summed E-state index contributed by atoms with van der Waals surface area (Å²) in [5, 5.41) is 17.2. The molecule has 2 N–H and O–H groups in total. The van der Waals surface area contributed by atoms with Gasteiger partial charge in [-0.2, -0.15) is 5.10 Å². The van der Waals surface area contributed by atoms with Crippen LogP contribution in [-0.2, 0) is 11.3 Å². The molecule has 0 spiro atoms. The molecule has 12 heteroatoms. The summed E-state index contributed by atoms with van der Waals surface area (Å²) >= 11 is 0. The lowest BCUT2D eigenvalue weighted by Crippen LogP contribution is -2.37. The molecule has 12 nitrogen and oxygen atoms in total. The van der Waals surface area contributed by atoms with Gasteiger partial charge in [0, 0.05) is 55.7 Å². The van der Waals surface area contributed by atoms with Crippen LogP contribution in [0.1, 0.15) is 24.4 Å². The second kappa shape index (κ2) is 11.4. The van der Waals surface area contributed by atoms with Crippen molar-refractivity contribution >= 4 is 28.6 Å². The smallest absolute Gasteiger partial charge is 0.409 e. The van der Waals surface area contributed by atoms with Crippen molar-refractivity contribution in [2.75, 3.05) is 56.7 Å². The minimum absolute atomic E-state index is 0.215. The zero-order valence-electron chi connectivity index (χ0n) is 22.4. The van der Waals surface area contributed by atoms with E-state index in [1.165, 1.54) is 0 Å². The number of nitrogens with one attached hydrogen (secondary N) is 1. The first-order valence-electron chi connectivity index (χ1n) is 13.5. The summed E-state index contributed by atoms with van der Waals surface area (Å²) in [6.07, 6.45) is 4.42. The van der Waals surface area contributed by atoms with Crippen LogP contribution in [0.5, 0.6) is 5.88 Å². The first-order valence-corrected chi connectivity index (χ1v) is 13.5. The zero-order chi connectivity index (χ0) is 27.5. The maximum absolute atomic E-state index is 11.0. The summed E-state index contributed by atoms with van der Waals surface area (Å²) in [4.78, 5) is 30.0. The molecule has 0 aliphatic carbocycles. The van der Waals surface area contributed by atoms with E-state index in [4.69, 9.17) is 29.6 Å². The number of hydrogen-bond acceptors (Lipinski definition) is 9. The van der Waals surface area contributed by atoms with Crippen molar-refractivity contribution in [1.82, 2.24) is 29.6 Å². The second-order valence-electron chi connectivity index (χ2n) is 9.98. The van der Waals surface area contributed by atoms with E-state index >= 15 is 0 Å². The van der Waals surface area contributed by atoms with Crippen LogP contribution in [-0.4, -0.2) is 87.3 Å². The van der Waals surface area contributed by atoms with Crippen LogP contribution in [0.15, 0.2) is 48.8 Å². The van der Waals surface area contributed by atoms with E-state index in [1.807, 2.05) is 24.4 Å². The van der Waals surface area contributed by atoms with Gasteiger partial charge in [-0.15, -0.1) is 0 Å². The first kappa shape index (κ1) is 26.0. The molecule has 3 aromatic heterocycles. The Balaban J connectivity index is 1.28. The lowest BCUT2D eigenvalue weighted by atomic mass is 10.0. The van der Waals surface area contributed by atoms with Crippen LogP contribution in [0.4, 0.5) is 16.3 Å². The quantitative estimate of drug-likeness (QED) is 0.355. The number of ether oxygens (including phenoxy) is 2. The molecule has 1 aromatic carbocycles. The fourth-order valence-electron chi connectivity index (χ4n) is 5.44. The van der Waals surface area contributed by atoms with Crippen molar-refractivity contribution in [2.45, 2.75) is 25.4 Å². The van der Waals surface area contributed by atoms with Crippen molar-refractivity contribution in [1.29, 1.82) is 0 Å². The molecule has 0 radical (unpaired) electrons. The molecule has 40 heavy (non-hydrogen) atoms. The highest BCUT2D eigenvalue weighted by Gasteiger charge is 2.26. The van der Waals surface area contributed by atoms with E-state index in [0.29, 0.717) is 30.6 Å². The SMILES string of the molecule is COc1ncccc1CN1CCC(n2ncc3c(N4CCOCC4)nc(-c4ccc(NC(=O)O)cc4)nc32)CC1. The molecule has 4 aromatic rings. The number of pyridine rings is 1. The summed E-state index contributed by atoms with van der Waals surface area (Å²) in [7, 11) is 1.66. The summed E-state index contributed by atoms with van der Waals surface area (Å²) in [6.45, 7) is 5.43. The molecule has 2 aliphatic rings. The molecule has 1 amide bonds. The van der Waals surface area contributed by atoms with Crippen LogP contribution in [0.25, 0.3) is 22.4 Å². The number of rotatable bonds is 7. The van der Waals surface area contributed by atoms with Gasteiger partial charge in [-0.1, -0.05) is 6.07 Å². The van der Waals surface area contributed by atoms with Gasteiger partial charge in [0.2, 0.25) is 5.88 Å². The molecule has 5 heterocycles. The predicted octanol–water partition coefficient (Wildman–Crippen LogP) is 3.66. The highest BCUT2D eigenvalue weighted by molar-refractivity contribution is 5.89. The van der Waals surface area contributed by atoms with Gasteiger partial charge in [0.05, 0.1) is 37.9 Å². The Labute approximate surface area is 231 Å². The Bertz CT molecular complexity index is 1480. The molecule has 0 saturated carbocycles. The molecule has 6 rings (SSSR count). The molecule has 208 valence electrons. The van der Waals surface area contributed by atoms with Gasteiger partial charge >= 0.3 is 6.09 Å². The summed E-state index contributed by atoms with van der Waals surface area (Å²) < 4.78 is 13.1. The van der Waals surface area contributed by atoms with Crippen molar-refractivity contribution in [2.24, 2.45) is 0 Å². The third-order valence-corrected chi connectivity index (χ3v) is 7.48. The number of piperidine rings is 1. The van der Waals surface area contributed by atoms with Crippen LogP contribution in [0.2, 0.25) is 0 Å². The van der Waals surface area contributed by atoms with Crippen molar-refractivity contribution in [3.63, 3.8) is 0 Å². The maximum Gasteiger partial charge on any atom is 0.409 e. The number of morpholine rings is 1. The maximum atomic E-state index is 11.0.